The van der Waals surface area contributed by atoms with E-state index in [9.17, 15) is 22.4 Å². The number of β-lactam (4-membered cyclic amide) rings is 1. The summed E-state index contributed by atoms with van der Waals surface area (Å²) in [4.78, 5) is 29.9. The zero-order chi connectivity index (χ0) is 24.2. The fourth-order valence-corrected chi connectivity index (χ4v) is 3.97. The van der Waals surface area contributed by atoms with E-state index >= 15 is 0 Å². The standard InChI is InChI=1S/C20H22FN3O2.C2HF3O2/c1-26-18-15(4-3-9-22-18)13-23-10-7-20(8-11-23)14-24(19(20)25)17-6-2-5-16(21)12-17;3-2(4,5)1(6)7/h2-6,9,12H,7-8,10-11,13-14H2,1H3;(H,6,7). The van der Waals surface area contributed by atoms with Crippen molar-refractivity contribution in [1.82, 2.24) is 9.88 Å². The molecule has 1 spiro atoms. The predicted octanol–water partition coefficient (Wildman–Crippen LogP) is 3.49. The van der Waals surface area contributed by atoms with Gasteiger partial charge in [0.25, 0.3) is 0 Å². The Morgan fingerprint density at radius 1 is 1.21 bits per heavy atom. The fraction of sp³-hybridized carbons (Fsp3) is 0.409. The number of aliphatic carboxylic acids is 1. The van der Waals surface area contributed by atoms with Gasteiger partial charge < -0.3 is 14.7 Å². The van der Waals surface area contributed by atoms with Crippen LogP contribution in [0.4, 0.5) is 23.2 Å². The molecule has 0 atom stereocenters. The van der Waals surface area contributed by atoms with Gasteiger partial charge in [-0.25, -0.2) is 14.2 Å². The molecule has 11 heteroatoms. The van der Waals surface area contributed by atoms with Gasteiger partial charge in [0.2, 0.25) is 11.8 Å². The Bertz CT molecular complexity index is 1010. The van der Waals surface area contributed by atoms with Crippen molar-refractivity contribution in [2.24, 2.45) is 5.41 Å². The van der Waals surface area contributed by atoms with Gasteiger partial charge in [0.1, 0.15) is 5.82 Å². The Morgan fingerprint density at radius 2 is 1.88 bits per heavy atom. The molecule has 4 rings (SSSR count). The van der Waals surface area contributed by atoms with E-state index in [-0.39, 0.29) is 17.1 Å². The molecule has 2 saturated heterocycles. The van der Waals surface area contributed by atoms with Gasteiger partial charge in [-0.3, -0.25) is 9.69 Å². The van der Waals surface area contributed by atoms with E-state index in [0.29, 0.717) is 18.1 Å². The summed E-state index contributed by atoms with van der Waals surface area (Å²) in [7, 11) is 1.63. The summed E-state index contributed by atoms with van der Waals surface area (Å²) >= 11 is 0. The predicted molar refractivity (Wildman–Crippen MR) is 110 cm³/mol. The Labute approximate surface area is 187 Å². The van der Waals surface area contributed by atoms with Gasteiger partial charge in [0, 0.05) is 30.5 Å². The molecule has 2 aliphatic heterocycles. The first-order valence-corrected chi connectivity index (χ1v) is 10.1. The van der Waals surface area contributed by atoms with Crippen LogP contribution in [0.3, 0.4) is 0 Å². The highest BCUT2D eigenvalue weighted by molar-refractivity contribution is 6.04. The van der Waals surface area contributed by atoms with Crippen LogP contribution in [-0.4, -0.2) is 59.8 Å². The summed E-state index contributed by atoms with van der Waals surface area (Å²) in [5, 5.41) is 7.12. The van der Waals surface area contributed by atoms with Crippen LogP contribution in [0.15, 0.2) is 42.6 Å². The number of benzene rings is 1. The molecule has 1 aromatic carbocycles. The smallest absolute Gasteiger partial charge is 0.481 e. The number of carbonyl (C=O) groups excluding carboxylic acids is 1. The number of nitrogens with zero attached hydrogens (tertiary/aromatic N) is 3. The molecule has 1 aromatic heterocycles. The number of piperidine rings is 1. The normalized spacial score (nSPS) is 17.7. The number of alkyl halides is 3. The van der Waals surface area contributed by atoms with Crippen molar-refractivity contribution in [2.45, 2.75) is 25.6 Å². The summed E-state index contributed by atoms with van der Waals surface area (Å²) in [6.45, 7) is 3.18. The number of carboxylic acid groups (broad SMARTS) is 1. The molecular formula is C22H23F4N3O4. The van der Waals surface area contributed by atoms with E-state index in [1.165, 1.54) is 12.1 Å². The van der Waals surface area contributed by atoms with Gasteiger partial charge in [-0.1, -0.05) is 12.1 Å². The summed E-state index contributed by atoms with van der Waals surface area (Å²) in [6, 6.07) is 10.2. The quantitative estimate of drug-likeness (QED) is 0.545. The number of anilines is 1. The van der Waals surface area contributed by atoms with Gasteiger partial charge in [-0.15, -0.1) is 0 Å². The maximum atomic E-state index is 13.4. The Kier molecular flexibility index (Phi) is 7.21. The number of hydrogen-bond donors (Lipinski definition) is 1. The third-order valence-corrected chi connectivity index (χ3v) is 5.77. The first-order chi connectivity index (χ1) is 15.6. The molecule has 7 nitrogen and oxygen atoms in total. The second kappa shape index (κ2) is 9.74. The van der Waals surface area contributed by atoms with Gasteiger partial charge in [0.05, 0.1) is 12.5 Å². The number of carboxylic acids is 1. The Morgan fingerprint density at radius 3 is 2.42 bits per heavy atom. The second-order valence-electron chi connectivity index (χ2n) is 7.90. The number of pyridine rings is 1. The van der Waals surface area contributed by atoms with Crippen molar-refractivity contribution >= 4 is 17.6 Å². The largest absolute Gasteiger partial charge is 0.490 e. The number of hydrogen-bond acceptors (Lipinski definition) is 5. The summed E-state index contributed by atoms with van der Waals surface area (Å²) in [6.07, 6.45) is -1.69. The van der Waals surface area contributed by atoms with E-state index < -0.39 is 12.1 Å². The number of aromatic nitrogens is 1. The van der Waals surface area contributed by atoms with E-state index in [1.807, 2.05) is 12.1 Å². The molecule has 2 aliphatic rings. The highest BCUT2D eigenvalue weighted by Gasteiger charge is 2.53. The number of likely N-dealkylation sites (tertiary alicyclic amines) is 1. The van der Waals surface area contributed by atoms with Crippen molar-refractivity contribution in [3.63, 3.8) is 0 Å². The average molecular weight is 469 g/mol. The van der Waals surface area contributed by atoms with Crippen LogP contribution in [0.1, 0.15) is 18.4 Å². The van der Waals surface area contributed by atoms with E-state index in [0.717, 1.165) is 38.0 Å². The summed E-state index contributed by atoms with van der Waals surface area (Å²) in [5.74, 6) is -2.28. The molecule has 0 bridgehead atoms. The van der Waals surface area contributed by atoms with Crippen molar-refractivity contribution in [3.8, 4) is 5.88 Å². The lowest BCUT2D eigenvalue weighted by Crippen LogP contribution is -2.65. The molecule has 0 saturated carbocycles. The van der Waals surface area contributed by atoms with E-state index in [2.05, 4.69) is 9.88 Å². The minimum absolute atomic E-state index is 0.127. The Hall–Kier alpha value is -3.21. The third-order valence-electron chi connectivity index (χ3n) is 5.77. The SMILES string of the molecule is COc1ncccc1CN1CCC2(CC1)CN(c1cccc(F)c1)C2=O.O=C(O)C(F)(F)F. The van der Waals surface area contributed by atoms with Gasteiger partial charge in [0.15, 0.2) is 0 Å². The lowest BCUT2D eigenvalue weighted by atomic mass is 9.70. The lowest BCUT2D eigenvalue weighted by Gasteiger charge is -2.52. The monoisotopic (exact) mass is 469 g/mol. The zero-order valence-electron chi connectivity index (χ0n) is 17.8. The molecule has 0 radical (unpaired) electrons. The highest BCUT2D eigenvalue weighted by atomic mass is 19.4. The van der Waals surface area contributed by atoms with Gasteiger partial charge in [-0.2, -0.15) is 13.2 Å². The average Bonchev–Trinajstić information content (AvgIpc) is 2.78. The molecule has 0 aliphatic carbocycles. The third kappa shape index (κ3) is 5.59. The van der Waals surface area contributed by atoms with Crippen LogP contribution in [0.5, 0.6) is 5.88 Å². The number of carbonyl (C=O) groups is 2. The number of halogens is 4. The maximum Gasteiger partial charge on any atom is 0.490 e. The molecule has 178 valence electrons. The second-order valence-corrected chi connectivity index (χ2v) is 7.90. The number of methoxy groups -OCH3 is 1. The Balaban J connectivity index is 0.000000383. The van der Waals surface area contributed by atoms with E-state index in [4.69, 9.17) is 14.6 Å². The fourth-order valence-electron chi connectivity index (χ4n) is 3.97. The molecule has 3 heterocycles. The van der Waals surface area contributed by atoms with E-state index in [1.54, 1.807) is 30.3 Å². The van der Waals surface area contributed by atoms with Crippen molar-refractivity contribution < 1.29 is 37.0 Å². The van der Waals surface area contributed by atoms with Crippen LogP contribution in [0.2, 0.25) is 0 Å². The van der Waals surface area contributed by atoms with Gasteiger partial charge in [-0.05, 0) is 50.2 Å². The topological polar surface area (TPSA) is 83.0 Å². The minimum Gasteiger partial charge on any atom is -0.481 e. The maximum absolute atomic E-state index is 13.4. The first kappa shape index (κ1) is 24.4. The molecule has 2 fully saturated rings. The molecule has 0 unspecified atom stereocenters. The molecule has 1 amide bonds. The minimum atomic E-state index is -5.08. The molecule has 2 aromatic rings. The number of amides is 1. The molecular weight excluding hydrogens is 446 g/mol. The van der Waals surface area contributed by atoms with Gasteiger partial charge >= 0.3 is 12.1 Å². The van der Waals surface area contributed by atoms with Crippen molar-refractivity contribution in [2.75, 3.05) is 31.6 Å². The lowest BCUT2D eigenvalue weighted by molar-refractivity contribution is -0.192. The van der Waals surface area contributed by atoms with Crippen molar-refractivity contribution in [1.29, 1.82) is 0 Å². The highest BCUT2D eigenvalue weighted by Crippen LogP contribution is 2.44. The molecule has 33 heavy (non-hydrogen) atoms. The summed E-state index contributed by atoms with van der Waals surface area (Å²) in [5.41, 5.74) is 1.44. The number of ether oxygens (including phenoxy) is 1. The molecule has 1 N–H and O–H groups in total. The number of rotatable bonds is 4. The van der Waals surface area contributed by atoms with Crippen LogP contribution >= 0.6 is 0 Å². The van der Waals surface area contributed by atoms with Crippen LogP contribution in [0.25, 0.3) is 0 Å². The first-order valence-electron chi connectivity index (χ1n) is 10.1. The summed E-state index contributed by atoms with van der Waals surface area (Å²) < 4.78 is 50.5. The van der Waals surface area contributed by atoms with Crippen LogP contribution in [-0.2, 0) is 16.1 Å². The van der Waals surface area contributed by atoms with Crippen LogP contribution < -0.4 is 9.64 Å². The van der Waals surface area contributed by atoms with Crippen molar-refractivity contribution in [3.05, 3.63) is 54.0 Å². The van der Waals surface area contributed by atoms with Crippen LogP contribution in [0, 0.1) is 11.2 Å². The zero-order valence-corrected chi connectivity index (χ0v) is 17.8.